The Morgan fingerprint density at radius 1 is 1.45 bits per heavy atom. The molecule has 1 N–H and O–H groups in total. The van der Waals surface area contributed by atoms with Crippen LogP contribution in [0.4, 0.5) is 5.69 Å². The van der Waals surface area contributed by atoms with E-state index >= 15 is 0 Å². The summed E-state index contributed by atoms with van der Waals surface area (Å²) < 4.78 is 5.73. The first-order chi connectivity index (χ1) is 9.72. The standard InChI is InChI=1S/C16H22N2O2/c1-3-12-8-7-11(2)18(12)16(19)13-5-4-6-14-15(13)20-10-9-17-14/h4-6,11-12,17H,3,7-10H2,1-2H3. The Morgan fingerprint density at radius 2 is 2.30 bits per heavy atom. The molecule has 1 aromatic rings. The molecular formula is C16H22N2O2. The van der Waals surface area contributed by atoms with Crippen LogP contribution in [0.25, 0.3) is 0 Å². The van der Waals surface area contributed by atoms with Crippen molar-refractivity contribution in [1.82, 2.24) is 4.90 Å². The summed E-state index contributed by atoms with van der Waals surface area (Å²) in [5, 5.41) is 3.29. The number of carbonyl (C=O) groups is 1. The van der Waals surface area contributed by atoms with E-state index in [9.17, 15) is 4.79 Å². The van der Waals surface area contributed by atoms with Crippen molar-refractivity contribution >= 4 is 11.6 Å². The Labute approximate surface area is 120 Å². The Hall–Kier alpha value is -1.71. The van der Waals surface area contributed by atoms with Gasteiger partial charge in [-0.05, 0) is 38.3 Å². The van der Waals surface area contributed by atoms with Crippen LogP contribution in [0, 0.1) is 0 Å². The molecule has 108 valence electrons. The minimum atomic E-state index is 0.113. The molecule has 0 aromatic heterocycles. The molecule has 2 unspecified atom stereocenters. The topological polar surface area (TPSA) is 41.6 Å². The van der Waals surface area contributed by atoms with Gasteiger partial charge < -0.3 is 15.0 Å². The summed E-state index contributed by atoms with van der Waals surface area (Å²) in [6.07, 6.45) is 3.22. The number of hydrogen-bond acceptors (Lipinski definition) is 3. The first-order valence-electron chi connectivity index (χ1n) is 7.54. The average molecular weight is 274 g/mol. The zero-order valence-corrected chi connectivity index (χ0v) is 12.2. The third kappa shape index (κ3) is 2.13. The molecule has 0 saturated carbocycles. The zero-order valence-electron chi connectivity index (χ0n) is 12.2. The van der Waals surface area contributed by atoms with Crippen molar-refractivity contribution in [3.8, 4) is 5.75 Å². The Bertz CT molecular complexity index is 515. The second-order valence-corrected chi connectivity index (χ2v) is 5.66. The van der Waals surface area contributed by atoms with Crippen molar-refractivity contribution in [2.24, 2.45) is 0 Å². The molecule has 0 bridgehead atoms. The molecule has 4 heteroatoms. The molecule has 4 nitrogen and oxygen atoms in total. The second kappa shape index (κ2) is 5.35. The number of nitrogens with zero attached hydrogens (tertiary/aromatic N) is 1. The maximum absolute atomic E-state index is 12.9. The maximum Gasteiger partial charge on any atom is 0.258 e. The fourth-order valence-electron chi connectivity index (χ4n) is 3.32. The van der Waals surface area contributed by atoms with Crippen molar-refractivity contribution in [3.63, 3.8) is 0 Å². The summed E-state index contributed by atoms with van der Waals surface area (Å²) in [6, 6.07) is 6.46. The number of fused-ring (bicyclic) bond motifs is 1. The van der Waals surface area contributed by atoms with Gasteiger partial charge in [-0.2, -0.15) is 0 Å². The third-order valence-electron chi connectivity index (χ3n) is 4.40. The summed E-state index contributed by atoms with van der Waals surface area (Å²) >= 11 is 0. The summed E-state index contributed by atoms with van der Waals surface area (Å²) in [7, 11) is 0. The highest BCUT2D eigenvalue weighted by Gasteiger charge is 2.35. The lowest BCUT2D eigenvalue weighted by Gasteiger charge is -2.30. The van der Waals surface area contributed by atoms with Gasteiger partial charge >= 0.3 is 0 Å². The van der Waals surface area contributed by atoms with Gasteiger partial charge in [0, 0.05) is 18.6 Å². The SMILES string of the molecule is CCC1CCC(C)N1C(=O)c1cccc2c1OCCN2. The predicted octanol–water partition coefficient (Wildman–Crippen LogP) is 2.89. The minimum absolute atomic E-state index is 0.113. The summed E-state index contributed by atoms with van der Waals surface area (Å²) in [4.78, 5) is 15.0. The summed E-state index contributed by atoms with van der Waals surface area (Å²) in [5.41, 5.74) is 1.63. The second-order valence-electron chi connectivity index (χ2n) is 5.66. The van der Waals surface area contributed by atoms with E-state index in [1.807, 2.05) is 23.1 Å². The van der Waals surface area contributed by atoms with Crippen LogP contribution in [-0.4, -0.2) is 36.0 Å². The molecule has 0 spiro atoms. The number of ether oxygens (including phenoxy) is 1. The van der Waals surface area contributed by atoms with Crippen LogP contribution < -0.4 is 10.1 Å². The van der Waals surface area contributed by atoms with E-state index in [-0.39, 0.29) is 5.91 Å². The van der Waals surface area contributed by atoms with E-state index in [1.54, 1.807) is 0 Å². The molecule has 1 saturated heterocycles. The number of rotatable bonds is 2. The molecule has 1 amide bonds. The number of amides is 1. The first kappa shape index (κ1) is 13.3. The van der Waals surface area contributed by atoms with Gasteiger partial charge in [-0.1, -0.05) is 13.0 Å². The van der Waals surface area contributed by atoms with Crippen molar-refractivity contribution in [2.45, 2.75) is 45.2 Å². The lowest BCUT2D eigenvalue weighted by atomic mass is 10.1. The van der Waals surface area contributed by atoms with Crippen LogP contribution in [0.2, 0.25) is 0 Å². The van der Waals surface area contributed by atoms with Crippen LogP contribution in [0.5, 0.6) is 5.75 Å². The van der Waals surface area contributed by atoms with Gasteiger partial charge in [0.25, 0.3) is 5.91 Å². The maximum atomic E-state index is 12.9. The molecule has 20 heavy (non-hydrogen) atoms. The summed E-state index contributed by atoms with van der Waals surface area (Å²) in [6.45, 7) is 5.70. The summed E-state index contributed by atoms with van der Waals surface area (Å²) in [5.74, 6) is 0.833. The van der Waals surface area contributed by atoms with Crippen molar-refractivity contribution < 1.29 is 9.53 Å². The van der Waals surface area contributed by atoms with Crippen LogP contribution in [0.3, 0.4) is 0 Å². The molecule has 0 radical (unpaired) electrons. The van der Waals surface area contributed by atoms with Crippen LogP contribution >= 0.6 is 0 Å². The predicted molar refractivity (Wildman–Crippen MR) is 79.4 cm³/mol. The number of nitrogens with one attached hydrogen (secondary N) is 1. The van der Waals surface area contributed by atoms with Gasteiger partial charge in [0.15, 0.2) is 5.75 Å². The number of benzene rings is 1. The van der Waals surface area contributed by atoms with E-state index in [2.05, 4.69) is 19.2 Å². The Balaban J connectivity index is 1.94. The Morgan fingerprint density at radius 3 is 3.10 bits per heavy atom. The average Bonchev–Trinajstić information content (AvgIpc) is 2.87. The Kier molecular flexibility index (Phi) is 3.55. The van der Waals surface area contributed by atoms with Gasteiger partial charge in [-0.25, -0.2) is 0 Å². The van der Waals surface area contributed by atoms with Gasteiger partial charge in [0.1, 0.15) is 6.61 Å². The van der Waals surface area contributed by atoms with Crippen LogP contribution in [0.15, 0.2) is 18.2 Å². The quantitative estimate of drug-likeness (QED) is 0.901. The molecule has 1 fully saturated rings. The van der Waals surface area contributed by atoms with Gasteiger partial charge in [0.05, 0.1) is 11.3 Å². The van der Waals surface area contributed by atoms with Gasteiger partial charge in [0.2, 0.25) is 0 Å². The number of para-hydroxylation sites is 1. The molecule has 2 aliphatic rings. The molecule has 2 aliphatic heterocycles. The van der Waals surface area contributed by atoms with Crippen molar-refractivity contribution in [3.05, 3.63) is 23.8 Å². The van der Waals surface area contributed by atoms with Gasteiger partial charge in [-0.15, -0.1) is 0 Å². The normalized spacial score (nSPS) is 24.8. The highest BCUT2D eigenvalue weighted by molar-refractivity contribution is 5.99. The van der Waals surface area contributed by atoms with Crippen molar-refractivity contribution in [1.29, 1.82) is 0 Å². The third-order valence-corrected chi connectivity index (χ3v) is 4.40. The number of anilines is 1. The number of hydrogen-bond donors (Lipinski definition) is 1. The first-order valence-corrected chi connectivity index (χ1v) is 7.54. The van der Waals surface area contributed by atoms with Crippen LogP contribution in [0.1, 0.15) is 43.5 Å². The zero-order chi connectivity index (χ0) is 14.1. The lowest BCUT2D eigenvalue weighted by Crippen LogP contribution is -2.40. The van der Waals surface area contributed by atoms with E-state index in [0.717, 1.165) is 37.2 Å². The highest BCUT2D eigenvalue weighted by Crippen LogP contribution is 2.35. The molecule has 3 rings (SSSR count). The van der Waals surface area contributed by atoms with Gasteiger partial charge in [-0.3, -0.25) is 4.79 Å². The van der Waals surface area contributed by atoms with E-state index in [1.165, 1.54) is 0 Å². The number of likely N-dealkylation sites (tertiary alicyclic amines) is 1. The fourth-order valence-corrected chi connectivity index (χ4v) is 3.32. The molecule has 2 atom stereocenters. The highest BCUT2D eigenvalue weighted by atomic mass is 16.5. The monoisotopic (exact) mass is 274 g/mol. The smallest absolute Gasteiger partial charge is 0.258 e. The minimum Gasteiger partial charge on any atom is -0.489 e. The van der Waals surface area contributed by atoms with Crippen LogP contribution in [-0.2, 0) is 0 Å². The molecular weight excluding hydrogens is 252 g/mol. The fraction of sp³-hybridized carbons (Fsp3) is 0.562. The van der Waals surface area contributed by atoms with Crippen molar-refractivity contribution in [2.75, 3.05) is 18.5 Å². The molecule has 0 aliphatic carbocycles. The molecule has 2 heterocycles. The number of carbonyl (C=O) groups excluding carboxylic acids is 1. The molecule has 1 aromatic carbocycles. The van der Waals surface area contributed by atoms with E-state index in [0.29, 0.717) is 24.3 Å². The van der Waals surface area contributed by atoms with E-state index in [4.69, 9.17) is 4.74 Å². The largest absolute Gasteiger partial charge is 0.489 e. The lowest BCUT2D eigenvalue weighted by molar-refractivity contribution is 0.0672. The van der Waals surface area contributed by atoms with E-state index < -0.39 is 0 Å².